The Bertz CT molecular complexity index is 650. The van der Waals surface area contributed by atoms with Crippen molar-refractivity contribution in [1.82, 2.24) is 9.62 Å². The van der Waals surface area contributed by atoms with Gasteiger partial charge in [-0.25, -0.2) is 12.7 Å². The minimum atomic E-state index is -3.14. The van der Waals surface area contributed by atoms with Crippen LogP contribution in [-0.2, 0) is 21.2 Å². The summed E-state index contributed by atoms with van der Waals surface area (Å²) in [7, 11) is -3.14. The van der Waals surface area contributed by atoms with Crippen LogP contribution in [0.1, 0.15) is 31.7 Å². The van der Waals surface area contributed by atoms with E-state index < -0.39 is 10.0 Å². The highest BCUT2D eigenvalue weighted by molar-refractivity contribution is 7.88. The summed E-state index contributed by atoms with van der Waals surface area (Å²) in [6.07, 6.45) is 4.19. The maximum absolute atomic E-state index is 12.2. The summed E-state index contributed by atoms with van der Waals surface area (Å²) in [4.78, 5) is 12.2. The summed E-state index contributed by atoms with van der Waals surface area (Å²) >= 11 is 0. The number of ether oxygens (including phenoxy) is 1. The van der Waals surface area contributed by atoms with Crippen molar-refractivity contribution in [2.24, 2.45) is 5.92 Å². The van der Waals surface area contributed by atoms with E-state index >= 15 is 0 Å². The van der Waals surface area contributed by atoms with E-state index in [9.17, 15) is 13.2 Å². The standard InChI is InChI=1S/C18H28N2O4S/c1-3-24-17-8-6-15(7-9-17)5-4-12-19-18(21)16-10-13-20(14-11-16)25(2,22)23/h6-9,16H,3-5,10-14H2,1-2H3,(H,19,21). The number of piperidine rings is 1. The number of carbonyl (C=O) groups is 1. The van der Waals surface area contributed by atoms with E-state index in [-0.39, 0.29) is 11.8 Å². The van der Waals surface area contributed by atoms with Crippen molar-refractivity contribution < 1.29 is 17.9 Å². The summed E-state index contributed by atoms with van der Waals surface area (Å²) < 4.78 is 29.8. The summed E-state index contributed by atoms with van der Waals surface area (Å²) in [5.74, 6) is 0.836. The third-order valence-electron chi connectivity index (χ3n) is 4.47. The van der Waals surface area contributed by atoms with Gasteiger partial charge in [0.25, 0.3) is 0 Å². The summed E-state index contributed by atoms with van der Waals surface area (Å²) in [6, 6.07) is 8.03. The lowest BCUT2D eigenvalue weighted by Gasteiger charge is -2.29. The molecule has 1 aliphatic heterocycles. The van der Waals surface area contributed by atoms with Crippen molar-refractivity contribution in [2.75, 3.05) is 32.5 Å². The molecule has 1 N–H and O–H groups in total. The van der Waals surface area contributed by atoms with Crippen LogP contribution in [0.15, 0.2) is 24.3 Å². The van der Waals surface area contributed by atoms with Crippen LogP contribution < -0.4 is 10.1 Å². The molecule has 0 spiro atoms. The fourth-order valence-electron chi connectivity index (χ4n) is 3.02. The predicted octanol–water partition coefficient (Wildman–Crippen LogP) is 1.81. The van der Waals surface area contributed by atoms with Crippen LogP contribution in [0.4, 0.5) is 0 Å². The third kappa shape index (κ3) is 6.32. The average molecular weight is 368 g/mol. The first kappa shape index (κ1) is 19.7. The fraction of sp³-hybridized carbons (Fsp3) is 0.611. The number of amides is 1. The smallest absolute Gasteiger partial charge is 0.223 e. The third-order valence-corrected chi connectivity index (χ3v) is 5.77. The predicted molar refractivity (Wildman–Crippen MR) is 98.1 cm³/mol. The molecule has 1 saturated heterocycles. The Balaban J connectivity index is 1.66. The molecule has 1 aromatic carbocycles. The molecule has 25 heavy (non-hydrogen) atoms. The van der Waals surface area contributed by atoms with Crippen LogP contribution in [0, 0.1) is 5.92 Å². The van der Waals surface area contributed by atoms with Gasteiger partial charge in [0.1, 0.15) is 5.75 Å². The molecule has 1 fully saturated rings. The molecule has 1 aliphatic rings. The monoisotopic (exact) mass is 368 g/mol. The molecule has 1 aromatic rings. The largest absolute Gasteiger partial charge is 0.494 e. The number of carbonyl (C=O) groups excluding carboxylic acids is 1. The highest BCUT2D eigenvalue weighted by Crippen LogP contribution is 2.19. The van der Waals surface area contributed by atoms with Gasteiger partial charge in [0, 0.05) is 25.6 Å². The van der Waals surface area contributed by atoms with E-state index in [0.29, 0.717) is 39.1 Å². The minimum Gasteiger partial charge on any atom is -0.494 e. The van der Waals surface area contributed by atoms with Crippen LogP contribution >= 0.6 is 0 Å². The Morgan fingerprint density at radius 3 is 2.44 bits per heavy atom. The highest BCUT2D eigenvalue weighted by atomic mass is 32.2. The second-order valence-electron chi connectivity index (χ2n) is 6.41. The lowest BCUT2D eigenvalue weighted by molar-refractivity contribution is -0.126. The molecule has 0 unspecified atom stereocenters. The Kier molecular flexibility index (Phi) is 7.25. The lowest BCUT2D eigenvalue weighted by atomic mass is 9.97. The molecule has 0 saturated carbocycles. The van der Waals surface area contributed by atoms with Crippen molar-refractivity contribution >= 4 is 15.9 Å². The van der Waals surface area contributed by atoms with Gasteiger partial charge in [0.15, 0.2) is 0 Å². The molecule has 2 rings (SSSR count). The number of benzene rings is 1. The normalized spacial score (nSPS) is 16.6. The highest BCUT2D eigenvalue weighted by Gasteiger charge is 2.28. The molecule has 0 radical (unpaired) electrons. The Morgan fingerprint density at radius 1 is 1.24 bits per heavy atom. The summed E-state index contributed by atoms with van der Waals surface area (Å²) in [6.45, 7) is 4.13. The molecule has 0 atom stereocenters. The van der Waals surface area contributed by atoms with Crippen molar-refractivity contribution in [3.05, 3.63) is 29.8 Å². The molecule has 1 amide bonds. The van der Waals surface area contributed by atoms with Crippen LogP contribution in [0.25, 0.3) is 0 Å². The van der Waals surface area contributed by atoms with Gasteiger partial charge in [-0.1, -0.05) is 12.1 Å². The van der Waals surface area contributed by atoms with Gasteiger partial charge in [-0.2, -0.15) is 0 Å². The van der Waals surface area contributed by atoms with Gasteiger partial charge in [-0.3, -0.25) is 4.79 Å². The first-order valence-corrected chi connectivity index (χ1v) is 10.7. The molecule has 6 nitrogen and oxygen atoms in total. The minimum absolute atomic E-state index is 0.0415. The van der Waals surface area contributed by atoms with Gasteiger partial charge in [0.2, 0.25) is 15.9 Å². The van der Waals surface area contributed by atoms with E-state index in [1.54, 1.807) is 0 Å². The second kappa shape index (κ2) is 9.20. The van der Waals surface area contributed by atoms with E-state index in [4.69, 9.17) is 4.74 Å². The van der Waals surface area contributed by atoms with Crippen LogP contribution in [0.3, 0.4) is 0 Å². The lowest BCUT2D eigenvalue weighted by Crippen LogP contribution is -2.42. The van der Waals surface area contributed by atoms with E-state index in [0.717, 1.165) is 18.6 Å². The van der Waals surface area contributed by atoms with Gasteiger partial charge in [-0.15, -0.1) is 0 Å². The Hall–Kier alpha value is -1.60. The SMILES string of the molecule is CCOc1ccc(CCCNC(=O)C2CCN(S(C)(=O)=O)CC2)cc1. The van der Waals surface area contributed by atoms with Crippen LogP contribution in [0.2, 0.25) is 0 Å². The number of sulfonamides is 1. The van der Waals surface area contributed by atoms with Crippen LogP contribution in [0.5, 0.6) is 5.75 Å². The molecular weight excluding hydrogens is 340 g/mol. The van der Waals surface area contributed by atoms with Crippen molar-refractivity contribution in [3.63, 3.8) is 0 Å². The van der Waals surface area contributed by atoms with Gasteiger partial charge >= 0.3 is 0 Å². The second-order valence-corrected chi connectivity index (χ2v) is 8.39. The maximum atomic E-state index is 12.2. The molecule has 0 aliphatic carbocycles. The average Bonchev–Trinajstić information content (AvgIpc) is 2.59. The zero-order chi connectivity index (χ0) is 18.3. The number of hydrogen-bond donors (Lipinski definition) is 1. The first-order chi connectivity index (χ1) is 11.9. The number of aryl methyl sites for hydroxylation is 1. The molecule has 0 bridgehead atoms. The first-order valence-electron chi connectivity index (χ1n) is 8.84. The molecule has 0 aromatic heterocycles. The Labute approximate surface area is 150 Å². The topological polar surface area (TPSA) is 75.7 Å². The summed E-state index contributed by atoms with van der Waals surface area (Å²) in [5, 5.41) is 2.98. The van der Waals surface area contributed by atoms with Crippen molar-refractivity contribution in [3.8, 4) is 5.75 Å². The number of nitrogens with zero attached hydrogens (tertiary/aromatic N) is 1. The molecule has 7 heteroatoms. The van der Waals surface area contributed by atoms with Crippen LogP contribution in [-0.4, -0.2) is 51.1 Å². The van der Waals surface area contributed by atoms with Gasteiger partial charge in [0.05, 0.1) is 12.9 Å². The number of hydrogen-bond acceptors (Lipinski definition) is 4. The molecular formula is C18H28N2O4S. The van der Waals surface area contributed by atoms with E-state index in [1.165, 1.54) is 16.1 Å². The van der Waals surface area contributed by atoms with Crippen molar-refractivity contribution in [2.45, 2.75) is 32.6 Å². The maximum Gasteiger partial charge on any atom is 0.223 e. The van der Waals surface area contributed by atoms with Gasteiger partial charge < -0.3 is 10.1 Å². The zero-order valence-electron chi connectivity index (χ0n) is 15.0. The van der Waals surface area contributed by atoms with E-state index in [2.05, 4.69) is 5.32 Å². The number of nitrogens with one attached hydrogen (secondary N) is 1. The Morgan fingerprint density at radius 2 is 1.88 bits per heavy atom. The zero-order valence-corrected chi connectivity index (χ0v) is 15.8. The molecule has 140 valence electrons. The fourth-order valence-corrected chi connectivity index (χ4v) is 3.89. The molecule has 1 heterocycles. The van der Waals surface area contributed by atoms with E-state index in [1.807, 2.05) is 31.2 Å². The number of rotatable bonds is 8. The van der Waals surface area contributed by atoms with Gasteiger partial charge in [-0.05, 0) is 50.3 Å². The quantitative estimate of drug-likeness (QED) is 0.710. The van der Waals surface area contributed by atoms with Crippen molar-refractivity contribution in [1.29, 1.82) is 0 Å². The summed E-state index contributed by atoms with van der Waals surface area (Å²) in [5.41, 5.74) is 1.22.